The molecule has 1 fully saturated rings. The number of hydrogen-bond acceptors (Lipinski definition) is 3. The first-order chi connectivity index (χ1) is 10.2. The van der Waals surface area contributed by atoms with E-state index in [1.165, 1.54) is 5.56 Å². The van der Waals surface area contributed by atoms with Crippen molar-refractivity contribution in [3.63, 3.8) is 0 Å². The summed E-state index contributed by atoms with van der Waals surface area (Å²) in [4.78, 5) is 29.4. The van der Waals surface area contributed by atoms with Gasteiger partial charge in [-0.3, -0.25) is 14.6 Å². The molecule has 0 radical (unpaired) electrons. The Labute approximate surface area is 125 Å². The van der Waals surface area contributed by atoms with E-state index in [4.69, 9.17) is 0 Å². The Morgan fingerprint density at radius 1 is 1.48 bits per heavy atom. The van der Waals surface area contributed by atoms with E-state index in [1.54, 1.807) is 23.4 Å². The van der Waals surface area contributed by atoms with Crippen molar-refractivity contribution in [1.29, 1.82) is 0 Å². The highest BCUT2D eigenvalue weighted by Gasteiger charge is 2.33. The average molecular weight is 287 g/mol. The zero-order valence-electron chi connectivity index (χ0n) is 12.1. The standard InChI is InChI=1S/C16H21N3O2/c1-2-10-19-12-14(11-15(19)20)16(21)18-7-3-4-13-5-8-17-9-6-13/h2,5-6,8-9,14H,1,3-4,7,10-12H2,(H,18,21). The van der Waals surface area contributed by atoms with E-state index in [1.807, 2.05) is 12.1 Å². The summed E-state index contributed by atoms with van der Waals surface area (Å²) < 4.78 is 0. The fourth-order valence-electron chi connectivity index (χ4n) is 2.48. The van der Waals surface area contributed by atoms with E-state index in [2.05, 4.69) is 16.9 Å². The third kappa shape index (κ3) is 4.41. The van der Waals surface area contributed by atoms with Crippen LogP contribution in [0.15, 0.2) is 37.2 Å². The molecule has 21 heavy (non-hydrogen) atoms. The predicted molar refractivity (Wildman–Crippen MR) is 80.5 cm³/mol. The number of likely N-dealkylation sites (tertiary alicyclic amines) is 1. The number of amides is 2. The molecule has 2 amide bonds. The molecule has 1 N–H and O–H groups in total. The molecular formula is C16H21N3O2. The number of carbonyl (C=O) groups excluding carboxylic acids is 2. The molecule has 1 aromatic rings. The Morgan fingerprint density at radius 3 is 2.95 bits per heavy atom. The van der Waals surface area contributed by atoms with Crippen LogP contribution in [0.3, 0.4) is 0 Å². The van der Waals surface area contributed by atoms with Crippen LogP contribution in [0.4, 0.5) is 0 Å². The normalized spacial score (nSPS) is 17.8. The van der Waals surface area contributed by atoms with Gasteiger partial charge in [-0.15, -0.1) is 6.58 Å². The van der Waals surface area contributed by atoms with Gasteiger partial charge in [0.15, 0.2) is 0 Å². The van der Waals surface area contributed by atoms with Crippen LogP contribution in [0.2, 0.25) is 0 Å². The third-order valence-electron chi connectivity index (χ3n) is 3.63. The van der Waals surface area contributed by atoms with Crippen molar-refractivity contribution in [1.82, 2.24) is 15.2 Å². The molecule has 0 saturated carbocycles. The molecule has 1 atom stereocenters. The summed E-state index contributed by atoms with van der Waals surface area (Å²) in [6, 6.07) is 3.95. The number of rotatable bonds is 7. The van der Waals surface area contributed by atoms with E-state index in [0.29, 0.717) is 26.1 Å². The van der Waals surface area contributed by atoms with Crippen molar-refractivity contribution in [2.45, 2.75) is 19.3 Å². The lowest BCUT2D eigenvalue weighted by Gasteiger charge is -2.14. The molecule has 1 aliphatic heterocycles. The van der Waals surface area contributed by atoms with Gasteiger partial charge in [0, 0.05) is 38.4 Å². The van der Waals surface area contributed by atoms with E-state index in [9.17, 15) is 9.59 Å². The highest BCUT2D eigenvalue weighted by Crippen LogP contribution is 2.17. The van der Waals surface area contributed by atoms with E-state index in [-0.39, 0.29) is 17.7 Å². The van der Waals surface area contributed by atoms with Crippen LogP contribution < -0.4 is 5.32 Å². The number of nitrogens with zero attached hydrogens (tertiary/aromatic N) is 2. The zero-order valence-corrected chi connectivity index (χ0v) is 12.1. The zero-order chi connectivity index (χ0) is 15.1. The van der Waals surface area contributed by atoms with Crippen LogP contribution in [0.25, 0.3) is 0 Å². The number of nitrogens with one attached hydrogen (secondary N) is 1. The van der Waals surface area contributed by atoms with E-state index < -0.39 is 0 Å². The van der Waals surface area contributed by atoms with Gasteiger partial charge in [0.05, 0.1) is 5.92 Å². The Hall–Kier alpha value is -2.17. The minimum absolute atomic E-state index is 0.0235. The molecule has 112 valence electrons. The van der Waals surface area contributed by atoms with Gasteiger partial charge in [-0.05, 0) is 30.5 Å². The highest BCUT2D eigenvalue weighted by atomic mass is 16.2. The van der Waals surface area contributed by atoms with Crippen molar-refractivity contribution in [3.8, 4) is 0 Å². The number of aromatic nitrogens is 1. The first-order valence-corrected chi connectivity index (χ1v) is 7.26. The summed E-state index contributed by atoms with van der Waals surface area (Å²) in [5.74, 6) is -0.213. The Balaban J connectivity index is 1.68. The second-order valence-corrected chi connectivity index (χ2v) is 5.24. The Morgan fingerprint density at radius 2 is 2.24 bits per heavy atom. The second kappa shape index (κ2) is 7.57. The summed E-state index contributed by atoms with van der Waals surface area (Å²) in [5, 5.41) is 2.92. The molecule has 2 heterocycles. The molecule has 0 spiro atoms. The lowest BCUT2D eigenvalue weighted by Crippen LogP contribution is -2.33. The lowest BCUT2D eigenvalue weighted by atomic mass is 10.1. The van der Waals surface area contributed by atoms with Crippen LogP contribution in [0, 0.1) is 5.92 Å². The summed E-state index contributed by atoms with van der Waals surface area (Å²) in [6.07, 6.45) is 7.33. The maximum absolute atomic E-state index is 12.0. The SMILES string of the molecule is C=CCN1CC(C(=O)NCCCc2ccncc2)CC1=O. The third-order valence-corrected chi connectivity index (χ3v) is 3.63. The quantitative estimate of drug-likeness (QED) is 0.605. The smallest absolute Gasteiger partial charge is 0.225 e. The lowest BCUT2D eigenvalue weighted by molar-refractivity contribution is -0.128. The topological polar surface area (TPSA) is 62.3 Å². The van der Waals surface area contributed by atoms with Gasteiger partial charge < -0.3 is 10.2 Å². The summed E-state index contributed by atoms with van der Waals surface area (Å²) in [7, 11) is 0. The van der Waals surface area contributed by atoms with Gasteiger partial charge in [-0.25, -0.2) is 0 Å². The molecule has 5 nitrogen and oxygen atoms in total. The molecule has 1 saturated heterocycles. The maximum atomic E-state index is 12.0. The molecule has 1 unspecified atom stereocenters. The minimum Gasteiger partial charge on any atom is -0.356 e. The van der Waals surface area contributed by atoms with Crippen LogP contribution in [0.1, 0.15) is 18.4 Å². The summed E-state index contributed by atoms with van der Waals surface area (Å²) in [6.45, 7) is 5.27. The van der Waals surface area contributed by atoms with Crippen LogP contribution in [0.5, 0.6) is 0 Å². The van der Waals surface area contributed by atoms with Gasteiger partial charge in [-0.2, -0.15) is 0 Å². The molecule has 0 aromatic carbocycles. The highest BCUT2D eigenvalue weighted by molar-refractivity contribution is 5.89. The second-order valence-electron chi connectivity index (χ2n) is 5.24. The van der Waals surface area contributed by atoms with Crippen molar-refractivity contribution < 1.29 is 9.59 Å². The minimum atomic E-state index is -0.224. The first-order valence-electron chi connectivity index (χ1n) is 7.26. The molecule has 0 aliphatic carbocycles. The molecule has 1 aliphatic rings. The van der Waals surface area contributed by atoms with Crippen molar-refractivity contribution >= 4 is 11.8 Å². The monoisotopic (exact) mass is 287 g/mol. The molecule has 5 heteroatoms. The van der Waals surface area contributed by atoms with E-state index >= 15 is 0 Å². The first kappa shape index (κ1) is 15.2. The summed E-state index contributed by atoms with van der Waals surface area (Å²) in [5.41, 5.74) is 1.22. The fraction of sp³-hybridized carbons (Fsp3) is 0.438. The molecule has 1 aromatic heterocycles. The number of hydrogen-bond donors (Lipinski definition) is 1. The number of pyridine rings is 1. The van der Waals surface area contributed by atoms with Gasteiger partial charge in [0.2, 0.25) is 11.8 Å². The number of carbonyl (C=O) groups is 2. The van der Waals surface area contributed by atoms with Gasteiger partial charge >= 0.3 is 0 Å². The summed E-state index contributed by atoms with van der Waals surface area (Å²) >= 11 is 0. The van der Waals surface area contributed by atoms with Crippen molar-refractivity contribution in [2.75, 3.05) is 19.6 Å². The molecule has 0 bridgehead atoms. The molecular weight excluding hydrogens is 266 g/mol. The van der Waals surface area contributed by atoms with E-state index in [0.717, 1.165) is 12.8 Å². The van der Waals surface area contributed by atoms with Crippen molar-refractivity contribution in [3.05, 3.63) is 42.7 Å². The maximum Gasteiger partial charge on any atom is 0.225 e. The Kier molecular flexibility index (Phi) is 5.49. The van der Waals surface area contributed by atoms with Gasteiger partial charge in [-0.1, -0.05) is 6.08 Å². The van der Waals surface area contributed by atoms with Crippen LogP contribution in [-0.4, -0.2) is 41.3 Å². The van der Waals surface area contributed by atoms with Crippen LogP contribution in [-0.2, 0) is 16.0 Å². The van der Waals surface area contributed by atoms with Gasteiger partial charge in [0.25, 0.3) is 0 Å². The average Bonchev–Trinajstić information content (AvgIpc) is 2.86. The van der Waals surface area contributed by atoms with Gasteiger partial charge in [0.1, 0.15) is 0 Å². The van der Waals surface area contributed by atoms with Crippen molar-refractivity contribution in [2.24, 2.45) is 5.92 Å². The molecule has 2 rings (SSSR count). The van der Waals surface area contributed by atoms with Crippen LogP contribution >= 0.6 is 0 Å². The Bertz CT molecular complexity index is 502. The number of aryl methyl sites for hydroxylation is 1. The largest absolute Gasteiger partial charge is 0.356 e. The fourth-order valence-corrected chi connectivity index (χ4v) is 2.48. The predicted octanol–water partition coefficient (Wildman–Crippen LogP) is 1.16.